The molecular weight excluding hydrogens is 459 g/mol. The van der Waals surface area contributed by atoms with Gasteiger partial charge in [-0.05, 0) is 60.5 Å². The Bertz CT molecular complexity index is 976. The average molecular weight is 487 g/mol. The number of nitrogens with one attached hydrogen (secondary N) is 1. The molecule has 0 heterocycles. The van der Waals surface area contributed by atoms with Gasteiger partial charge in [0.25, 0.3) is 7.37 Å². The summed E-state index contributed by atoms with van der Waals surface area (Å²) in [7, 11) is 0.684. The summed E-state index contributed by atoms with van der Waals surface area (Å²) >= 11 is 3.49. The Morgan fingerprint density at radius 3 is 2.17 bits per heavy atom. The maximum atomic E-state index is 14.5. The third kappa shape index (κ3) is 5.34. The van der Waals surface area contributed by atoms with Gasteiger partial charge in [0.15, 0.2) is 0 Å². The summed E-state index contributed by atoms with van der Waals surface area (Å²) in [5.41, 5.74) is 2.87. The van der Waals surface area contributed by atoms with Gasteiger partial charge in [0.05, 0.1) is 6.61 Å². The van der Waals surface area contributed by atoms with Crippen molar-refractivity contribution in [2.45, 2.75) is 19.1 Å². The highest BCUT2D eigenvalue weighted by Crippen LogP contribution is 2.59. The standard InChI is InChI=1S/C24H28BrN2O2P/c1-4-18-29-30(28,23-16-14-22(15-17-23)27(2)3)24(19-10-12-20(25)13-11-19)26-21-8-6-5-7-9-21/h5-17,24,26H,4,18H2,1-3H3/t24-,30-/m0/s1. The fraction of sp³-hybridized carbons (Fsp3) is 0.250. The number of anilines is 2. The van der Waals surface area contributed by atoms with E-state index in [1.165, 1.54) is 0 Å². The second-order valence-electron chi connectivity index (χ2n) is 7.31. The van der Waals surface area contributed by atoms with Crippen LogP contribution in [0, 0.1) is 0 Å². The molecule has 0 aromatic heterocycles. The molecule has 0 bridgehead atoms. The zero-order valence-electron chi connectivity index (χ0n) is 17.6. The molecule has 30 heavy (non-hydrogen) atoms. The molecule has 0 aliphatic heterocycles. The van der Waals surface area contributed by atoms with Gasteiger partial charge in [0.1, 0.15) is 5.78 Å². The van der Waals surface area contributed by atoms with E-state index in [9.17, 15) is 4.57 Å². The van der Waals surface area contributed by atoms with Crippen molar-refractivity contribution < 1.29 is 9.09 Å². The van der Waals surface area contributed by atoms with Crippen LogP contribution in [-0.2, 0) is 9.09 Å². The third-order valence-electron chi connectivity index (χ3n) is 4.82. The number of benzene rings is 3. The second kappa shape index (κ2) is 10.3. The van der Waals surface area contributed by atoms with E-state index in [1.54, 1.807) is 0 Å². The Morgan fingerprint density at radius 1 is 0.967 bits per heavy atom. The van der Waals surface area contributed by atoms with E-state index in [-0.39, 0.29) is 0 Å². The van der Waals surface area contributed by atoms with Gasteiger partial charge in [-0.25, -0.2) is 0 Å². The molecule has 0 spiro atoms. The second-order valence-corrected chi connectivity index (χ2v) is 10.7. The summed E-state index contributed by atoms with van der Waals surface area (Å²) in [6, 6.07) is 25.6. The van der Waals surface area contributed by atoms with E-state index in [0.717, 1.165) is 27.8 Å². The van der Waals surface area contributed by atoms with Crippen molar-refractivity contribution in [1.29, 1.82) is 0 Å². The fourth-order valence-corrected chi connectivity index (χ4v) is 5.95. The normalized spacial score (nSPS) is 14.0. The van der Waals surface area contributed by atoms with Gasteiger partial charge >= 0.3 is 0 Å². The third-order valence-corrected chi connectivity index (χ3v) is 8.04. The Balaban J connectivity index is 2.10. The number of hydrogen-bond acceptors (Lipinski definition) is 4. The lowest BCUT2D eigenvalue weighted by molar-refractivity contribution is 0.315. The summed E-state index contributed by atoms with van der Waals surface area (Å²) in [4.78, 5) is 2.02. The van der Waals surface area contributed by atoms with Gasteiger partial charge in [0.2, 0.25) is 0 Å². The molecule has 4 nitrogen and oxygen atoms in total. The van der Waals surface area contributed by atoms with E-state index in [2.05, 4.69) is 21.2 Å². The Labute approximate surface area is 187 Å². The maximum absolute atomic E-state index is 14.5. The first-order valence-electron chi connectivity index (χ1n) is 10.0. The number of rotatable bonds is 9. The van der Waals surface area contributed by atoms with Crippen LogP contribution in [0.15, 0.2) is 83.3 Å². The summed E-state index contributed by atoms with van der Waals surface area (Å²) in [5, 5.41) is 4.19. The van der Waals surface area contributed by atoms with Crippen molar-refractivity contribution in [3.8, 4) is 0 Å². The number of nitrogens with zero attached hydrogens (tertiary/aromatic N) is 1. The molecule has 3 aromatic rings. The number of halogens is 1. The molecule has 0 saturated carbocycles. The Kier molecular flexibility index (Phi) is 7.76. The van der Waals surface area contributed by atoms with E-state index in [0.29, 0.717) is 11.9 Å². The van der Waals surface area contributed by atoms with Crippen molar-refractivity contribution in [1.82, 2.24) is 0 Å². The van der Waals surface area contributed by atoms with Crippen LogP contribution in [0.4, 0.5) is 11.4 Å². The molecule has 3 aromatic carbocycles. The van der Waals surface area contributed by atoms with E-state index in [1.807, 2.05) is 105 Å². The topological polar surface area (TPSA) is 41.6 Å². The molecule has 2 atom stereocenters. The molecule has 0 aliphatic rings. The van der Waals surface area contributed by atoms with E-state index in [4.69, 9.17) is 4.52 Å². The predicted octanol–water partition coefficient (Wildman–Crippen LogP) is 6.66. The minimum atomic E-state index is -3.30. The van der Waals surface area contributed by atoms with Crippen LogP contribution in [0.5, 0.6) is 0 Å². The van der Waals surface area contributed by atoms with Gasteiger partial charge < -0.3 is 14.7 Å². The van der Waals surface area contributed by atoms with Crippen LogP contribution < -0.4 is 15.5 Å². The molecule has 1 N–H and O–H groups in total. The van der Waals surface area contributed by atoms with Crippen molar-refractivity contribution in [2.24, 2.45) is 0 Å². The molecule has 0 unspecified atom stereocenters. The molecule has 0 saturated heterocycles. The molecule has 0 fully saturated rings. The van der Waals surface area contributed by atoms with Gasteiger partial charge in [-0.3, -0.25) is 4.57 Å². The Hall–Kier alpha value is -2.07. The van der Waals surface area contributed by atoms with Crippen molar-refractivity contribution in [3.63, 3.8) is 0 Å². The molecule has 0 aliphatic carbocycles. The van der Waals surface area contributed by atoms with Crippen LogP contribution in [-0.4, -0.2) is 20.7 Å². The summed E-state index contributed by atoms with van der Waals surface area (Å²) < 4.78 is 21.7. The summed E-state index contributed by atoms with van der Waals surface area (Å²) in [5.74, 6) is -0.509. The van der Waals surface area contributed by atoms with Crippen molar-refractivity contribution in [2.75, 3.05) is 30.9 Å². The van der Waals surface area contributed by atoms with Gasteiger partial charge in [-0.15, -0.1) is 0 Å². The first-order chi connectivity index (χ1) is 14.4. The number of para-hydroxylation sites is 1. The summed E-state index contributed by atoms with van der Waals surface area (Å²) in [6.07, 6.45) is 0.790. The molecule has 6 heteroatoms. The zero-order valence-corrected chi connectivity index (χ0v) is 20.1. The van der Waals surface area contributed by atoms with Crippen LogP contribution in [0.1, 0.15) is 24.7 Å². The monoisotopic (exact) mass is 486 g/mol. The smallest absolute Gasteiger partial charge is 0.258 e. The van der Waals surface area contributed by atoms with Gasteiger partial charge in [0, 0.05) is 35.2 Å². The molecular formula is C24H28BrN2O2P. The summed E-state index contributed by atoms with van der Waals surface area (Å²) in [6.45, 7) is 2.45. The quantitative estimate of drug-likeness (QED) is 0.343. The molecule has 0 radical (unpaired) electrons. The minimum Gasteiger partial charge on any atom is -0.378 e. The lowest BCUT2D eigenvalue weighted by atomic mass is 10.2. The van der Waals surface area contributed by atoms with Crippen LogP contribution in [0.3, 0.4) is 0 Å². The number of hydrogen-bond donors (Lipinski definition) is 1. The first kappa shape index (κ1) is 22.6. The fourth-order valence-electron chi connectivity index (χ4n) is 3.19. The van der Waals surface area contributed by atoms with Gasteiger partial charge in [-0.1, -0.05) is 53.2 Å². The van der Waals surface area contributed by atoms with Crippen molar-refractivity contribution in [3.05, 3.63) is 88.9 Å². The van der Waals surface area contributed by atoms with Crippen LogP contribution >= 0.6 is 23.3 Å². The average Bonchev–Trinajstić information content (AvgIpc) is 2.77. The lowest BCUT2D eigenvalue weighted by Gasteiger charge is -2.30. The highest BCUT2D eigenvalue weighted by atomic mass is 79.9. The predicted molar refractivity (Wildman–Crippen MR) is 131 cm³/mol. The molecule has 0 amide bonds. The maximum Gasteiger partial charge on any atom is 0.258 e. The molecule has 158 valence electrons. The first-order valence-corrected chi connectivity index (χ1v) is 12.5. The SMILES string of the molecule is CCCO[P@@](=O)(c1ccc(N(C)C)cc1)[C@H](Nc1ccccc1)c1ccc(Br)cc1. The van der Waals surface area contributed by atoms with Gasteiger partial charge in [-0.2, -0.15) is 0 Å². The lowest BCUT2D eigenvalue weighted by Crippen LogP contribution is -2.21. The highest BCUT2D eigenvalue weighted by molar-refractivity contribution is 9.10. The minimum absolute atomic E-state index is 0.427. The molecule has 3 rings (SSSR count). The largest absolute Gasteiger partial charge is 0.378 e. The van der Waals surface area contributed by atoms with Crippen molar-refractivity contribution >= 4 is 40.0 Å². The van der Waals surface area contributed by atoms with Crippen LogP contribution in [0.2, 0.25) is 0 Å². The van der Waals surface area contributed by atoms with E-state index < -0.39 is 13.2 Å². The Morgan fingerprint density at radius 2 is 1.60 bits per heavy atom. The highest BCUT2D eigenvalue weighted by Gasteiger charge is 2.37. The zero-order chi connectivity index (χ0) is 21.6. The van der Waals surface area contributed by atoms with E-state index >= 15 is 0 Å². The van der Waals surface area contributed by atoms with Crippen LogP contribution in [0.25, 0.3) is 0 Å².